The lowest BCUT2D eigenvalue weighted by atomic mass is 10.1. The van der Waals surface area contributed by atoms with Gasteiger partial charge < -0.3 is 10.6 Å². The first-order valence-electron chi connectivity index (χ1n) is 5.97. The van der Waals surface area contributed by atoms with E-state index in [1.54, 1.807) is 12.1 Å². The smallest absolute Gasteiger partial charge is 0.191 e. The van der Waals surface area contributed by atoms with E-state index in [2.05, 4.69) is 4.99 Å². The summed E-state index contributed by atoms with van der Waals surface area (Å²) >= 11 is 0. The van der Waals surface area contributed by atoms with Crippen LogP contribution in [-0.4, -0.2) is 30.5 Å². The summed E-state index contributed by atoms with van der Waals surface area (Å²) < 4.78 is 13.3. The van der Waals surface area contributed by atoms with Crippen molar-refractivity contribution in [3.05, 3.63) is 35.6 Å². The van der Waals surface area contributed by atoms with Crippen LogP contribution in [0.15, 0.2) is 29.3 Å². The number of hydrogen-bond acceptors (Lipinski definition) is 1. The van der Waals surface area contributed by atoms with E-state index in [4.69, 9.17) is 5.73 Å². The predicted octanol–water partition coefficient (Wildman–Crippen LogP) is 2.64. The molecule has 0 aliphatic carbocycles. The molecule has 102 valence electrons. The summed E-state index contributed by atoms with van der Waals surface area (Å²) in [6, 6.07) is 6.76. The average Bonchev–Trinajstić information content (AvgIpc) is 2.33. The topological polar surface area (TPSA) is 41.6 Å². The molecule has 0 unspecified atom stereocenters. The molecule has 0 aliphatic rings. The monoisotopic (exact) mass is 365 g/mol. The second-order valence-corrected chi connectivity index (χ2v) is 3.75. The molecule has 0 radical (unpaired) electrons. The molecule has 1 aromatic carbocycles. The molecule has 2 N–H and O–H groups in total. The van der Waals surface area contributed by atoms with Crippen LogP contribution in [0.2, 0.25) is 0 Å². The van der Waals surface area contributed by atoms with Gasteiger partial charge in [-0.15, -0.1) is 24.0 Å². The minimum absolute atomic E-state index is 0. The Morgan fingerprint density at radius 3 is 2.44 bits per heavy atom. The van der Waals surface area contributed by atoms with Crippen molar-refractivity contribution >= 4 is 29.9 Å². The van der Waals surface area contributed by atoms with Crippen molar-refractivity contribution in [3.63, 3.8) is 0 Å². The highest BCUT2D eigenvalue weighted by Crippen LogP contribution is 2.06. The van der Waals surface area contributed by atoms with Gasteiger partial charge in [-0.25, -0.2) is 4.39 Å². The molecule has 3 nitrogen and oxygen atoms in total. The molecule has 0 aliphatic heterocycles. The van der Waals surface area contributed by atoms with Gasteiger partial charge in [0.25, 0.3) is 0 Å². The van der Waals surface area contributed by atoms with E-state index in [0.717, 1.165) is 13.1 Å². The minimum Gasteiger partial charge on any atom is -0.370 e. The molecule has 0 heterocycles. The van der Waals surface area contributed by atoms with Gasteiger partial charge in [0.05, 0.1) is 0 Å². The van der Waals surface area contributed by atoms with E-state index in [0.29, 0.717) is 24.5 Å². The van der Waals surface area contributed by atoms with Gasteiger partial charge in [-0.1, -0.05) is 18.2 Å². The van der Waals surface area contributed by atoms with Crippen LogP contribution >= 0.6 is 24.0 Å². The van der Waals surface area contributed by atoms with E-state index < -0.39 is 0 Å². The molecule has 0 fully saturated rings. The Labute approximate surface area is 125 Å². The van der Waals surface area contributed by atoms with Crippen LogP contribution < -0.4 is 5.73 Å². The zero-order chi connectivity index (χ0) is 12.7. The Morgan fingerprint density at radius 1 is 1.28 bits per heavy atom. The van der Waals surface area contributed by atoms with E-state index >= 15 is 0 Å². The molecule has 0 atom stereocenters. The Hall–Kier alpha value is -0.850. The van der Waals surface area contributed by atoms with Crippen LogP contribution in [0.4, 0.5) is 4.39 Å². The van der Waals surface area contributed by atoms with Crippen LogP contribution in [0.3, 0.4) is 0 Å². The molecule has 0 bridgehead atoms. The van der Waals surface area contributed by atoms with Crippen LogP contribution in [-0.2, 0) is 6.42 Å². The Kier molecular flexibility index (Phi) is 8.70. The molecule has 18 heavy (non-hydrogen) atoms. The lowest BCUT2D eigenvalue weighted by molar-refractivity contribution is 0.458. The summed E-state index contributed by atoms with van der Waals surface area (Å²) in [5, 5.41) is 0. The molecule has 5 heteroatoms. The van der Waals surface area contributed by atoms with Crippen LogP contribution in [0.1, 0.15) is 19.4 Å². The fourth-order valence-electron chi connectivity index (χ4n) is 1.64. The van der Waals surface area contributed by atoms with Gasteiger partial charge in [-0.05, 0) is 31.9 Å². The summed E-state index contributed by atoms with van der Waals surface area (Å²) in [6.45, 7) is 6.26. The van der Waals surface area contributed by atoms with Crippen molar-refractivity contribution in [1.82, 2.24) is 4.90 Å². The summed E-state index contributed by atoms with van der Waals surface area (Å²) in [4.78, 5) is 6.23. The molecule has 0 saturated carbocycles. The van der Waals surface area contributed by atoms with E-state index in [1.807, 2.05) is 24.8 Å². The van der Waals surface area contributed by atoms with Crippen LogP contribution in [0, 0.1) is 5.82 Å². The number of benzene rings is 1. The second kappa shape index (κ2) is 9.13. The molecule has 0 aromatic heterocycles. The zero-order valence-corrected chi connectivity index (χ0v) is 13.2. The summed E-state index contributed by atoms with van der Waals surface area (Å²) in [5.74, 6) is 0.357. The van der Waals surface area contributed by atoms with E-state index in [9.17, 15) is 4.39 Å². The zero-order valence-electron chi connectivity index (χ0n) is 10.9. The lowest BCUT2D eigenvalue weighted by Crippen LogP contribution is -2.37. The highest BCUT2D eigenvalue weighted by atomic mass is 127. The van der Waals surface area contributed by atoms with Gasteiger partial charge in [0.15, 0.2) is 5.96 Å². The molecular weight excluding hydrogens is 344 g/mol. The number of guanidine groups is 1. The number of halogens is 2. The molecule has 0 spiro atoms. The van der Waals surface area contributed by atoms with Gasteiger partial charge in [0.1, 0.15) is 5.82 Å². The summed E-state index contributed by atoms with van der Waals surface area (Å²) in [6.07, 6.45) is 0.578. The maximum absolute atomic E-state index is 13.3. The van der Waals surface area contributed by atoms with Gasteiger partial charge in [0, 0.05) is 19.6 Å². The third kappa shape index (κ3) is 5.20. The number of aliphatic imine (C=N–C) groups is 1. The maximum atomic E-state index is 13.3. The van der Waals surface area contributed by atoms with Crippen molar-refractivity contribution in [2.45, 2.75) is 20.3 Å². The van der Waals surface area contributed by atoms with E-state index in [-0.39, 0.29) is 29.8 Å². The fourth-order valence-corrected chi connectivity index (χ4v) is 1.64. The number of rotatable bonds is 5. The van der Waals surface area contributed by atoms with Crippen molar-refractivity contribution < 1.29 is 4.39 Å². The van der Waals surface area contributed by atoms with Crippen molar-refractivity contribution in [1.29, 1.82) is 0 Å². The van der Waals surface area contributed by atoms with Gasteiger partial charge in [-0.2, -0.15) is 0 Å². The Balaban J connectivity index is 0.00000289. The average molecular weight is 365 g/mol. The van der Waals surface area contributed by atoms with Crippen LogP contribution in [0.25, 0.3) is 0 Å². The third-order valence-corrected chi connectivity index (χ3v) is 2.70. The predicted molar refractivity (Wildman–Crippen MR) is 84.9 cm³/mol. The molecule has 0 saturated heterocycles. The van der Waals surface area contributed by atoms with Gasteiger partial charge in [0.2, 0.25) is 0 Å². The lowest BCUT2D eigenvalue weighted by Gasteiger charge is -2.19. The SMILES string of the molecule is CCN(CC)C(N)=NCCc1ccccc1F.I. The normalized spacial score (nSPS) is 10.9. The molecule has 1 rings (SSSR count). The van der Waals surface area contributed by atoms with E-state index in [1.165, 1.54) is 6.07 Å². The third-order valence-electron chi connectivity index (χ3n) is 2.70. The summed E-state index contributed by atoms with van der Waals surface area (Å²) in [5.41, 5.74) is 6.51. The van der Waals surface area contributed by atoms with Gasteiger partial charge >= 0.3 is 0 Å². The Bertz CT molecular complexity index is 378. The fraction of sp³-hybridized carbons (Fsp3) is 0.462. The molecule has 1 aromatic rings. The number of hydrogen-bond donors (Lipinski definition) is 1. The number of nitrogens with zero attached hydrogens (tertiary/aromatic N) is 2. The number of nitrogens with two attached hydrogens (primary N) is 1. The minimum atomic E-state index is -0.177. The Morgan fingerprint density at radius 2 is 1.89 bits per heavy atom. The summed E-state index contributed by atoms with van der Waals surface area (Å²) in [7, 11) is 0. The van der Waals surface area contributed by atoms with Crippen molar-refractivity contribution in [2.75, 3.05) is 19.6 Å². The largest absolute Gasteiger partial charge is 0.370 e. The van der Waals surface area contributed by atoms with Crippen LogP contribution in [0.5, 0.6) is 0 Å². The second-order valence-electron chi connectivity index (χ2n) is 3.75. The highest BCUT2D eigenvalue weighted by molar-refractivity contribution is 14.0. The first-order valence-corrected chi connectivity index (χ1v) is 5.97. The molecule has 0 amide bonds. The quantitative estimate of drug-likeness (QED) is 0.495. The molecular formula is C13H21FIN3. The van der Waals surface area contributed by atoms with Crippen molar-refractivity contribution in [2.24, 2.45) is 10.7 Å². The maximum Gasteiger partial charge on any atom is 0.191 e. The van der Waals surface area contributed by atoms with Crippen molar-refractivity contribution in [3.8, 4) is 0 Å². The standard InChI is InChI=1S/C13H20FN3.HI/c1-3-17(4-2)13(15)16-10-9-11-7-5-6-8-12(11)14;/h5-8H,3-4,9-10H2,1-2H3,(H2,15,16);1H. The highest BCUT2D eigenvalue weighted by Gasteiger charge is 2.02. The van der Waals surface area contributed by atoms with Gasteiger partial charge in [-0.3, -0.25) is 4.99 Å². The first-order chi connectivity index (χ1) is 8.19. The first kappa shape index (κ1) is 17.2.